The van der Waals surface area contributed by atoms with Crippen molar-refractivity contribution in [1.82, 2.24) is 0 Å². The number of ether oxygens (including phenoxy) is 3. The molecule has 0 spiro atoms. The normalized spacial score (nSPS) is 10.3. The third-order valence-corrected chi connectivity index (χ3v) is 3.92. The van der Waals surface area contributed by atoms with Crippen LogP contribution in [0.3, 0.4) is 0 Å². The van der Waals surface area contributed by atoms with Crippen molar-refractivity contribution in [2.45, 2.75) is 13.5 Å². The highest BCUT2D eigenvalue weighted by Crippen LogP contribution is 2.18. The van der Waals surface area contributed by atoms with E-state index in [0.29, 0.717) is 19.8 Å². The van der Waals surface area contributed by atoms with E-state index in [1.54, 1.807) is 0 Å². The predicted molar refractivity (Wildman–Crippen MR) is 109 cm³/mol. The Bertz CT molecular complexity index is 803. The van der Waals surface area contributed by atoms with Crippen LogP contribution in [0, 0.1) is 0 Å². The molecule has 0 amide bonds. The maximum atomic E-state index is 5.79. The molecule has 0 aliphatic carbocycles. The van der Waals surface area contributed by atoms with Gasteiger partial charge in [0.2, 0.25) is 0 Å². The fourth-order valence-electron chi connectivity index (χ4n) is 2.62. The van der Waals surface area contributed by atoms with Crippen LogP contribution in [0.15, 0.2) is 78.9 Å². The Labute approximate surface area is 160 Å². The number of anilines is 1. The summed E-state index contributed by atoms with van der Waals surface area (Å²) in [5.74, 6) is 2.59. The Hall–Kier alpha value is -3.14. The van der Waals surface area contributed by atoms with Gasteiger partial charge in [-0.15, -0.1) is 0 Å². The zero-order valence-corrected chi connectivity index (χ0v) is 15.6. The number of para-hydroxylation sites is 1. The molecule has 0 radical (unpaired) electrons. The van der Waals surface area contributed by atoms with Crippen LogP contribution in [0.5, 0.6) is 17.2 Å². The topological polar surface area (TPSA) is 39.7 Å². The van der Waals surface area contributed by atoms with Crippen LogP contribution >= 0.6 is 0 Å². The second-order valence-electron chi connectivity index (χ2n) is 5.97. The van der Waals surface area contributed by atoms with Crippen LogP contribution in [0.4, 0.5) is 5.69 Å². The highest BCUT2D eigenvalue weighted by molar-refractivity contribution is 5.47. The van der Waals surface area contributed by atoms with Crippen LogP contribution in [0.1, 0.15) is 12.5 Å². The molecule has 27 heavy (non-hydrogen) atoms. The average Bonchev–Trinajstić information content (AvgIpc) is 2.72. The lowest BCUT2D eigenvalue weighted by atomic mass is 10.2. The number of nitrogens with one attached hydrogen (secondary N) is 1. The molecule has 1 N–H and O–H groups in total. The van der Waals surface area contributed by atoms with Gasteiger partial charge in [0, 0.05) is 12.2 Å². The van der Waals surface area contributed by atoms with Gasteiger partial charge in [0.1, 0.15) is 30.5 Å². The van der Waals surface area contributed by atoms with E-state index in [2.05, 4.69) is 11.4 Å². The number of rotatable bonds is 10. The largest absolute Gasteiger partial charge is 0.494 e. The third-order valence-electron chi connectivity index (χ3n) is 3.92. The first kappa shape index (κ1) is 18.6. The summed E-state index contributed by atoms with van der Waals surface area (Å²) >= 11 is 0. The van der Waals surface area contributed by atoms with Gasteiger partial charge in [-0.2, -0.15) is 0 Å². The van der Waals surface area contributed by atoms with E-state index in [0.717, 1.165) is 35.0 Å². The molecule has 0 aliphatic rings. The minimum atomic E-state index is 0.505. The van der Waals surface area contributed by atoms with E-state index < -0.39 is 0 Å². The molecular formula is C23H25NO3. The highest BCUT2D eigenvalue weighted by atomic mass is 16.5. The number of hydrogen-bond acceptors (Lipinski definition) is 4. The molecule has 3 rings (SSSR count). The second-order valence-corrected chi connectivity index (χ2v) is 5.97. The highest BCUT2D eigenvalue weighted by Gasteiger charge is 2.00. The van der Waals surface area contributed by atoms with E-state index in [1.165, 1.54) is 0 Å². The first-order valence-electron chi connectivity index (χ1n) is 9.20. The molecule has 0 aliphatic heterocycles. The summed E-state index contributed by atoms with van der Waals surface area (Å²) in [5, 5.41) is 3.41. The molecular weight excluding hydrogens is 338 g/mol. The smallest absolute Gasteiger partial charge is 0.122 e. The zero-order valence-electron chi connectivity index (χ0n) is 15.6. The Morgan fingerprint density at radius 1 is 0.667 bits per heavy atom. The van der Waals surface area contributed by atoms with Crippen molar-refractivity contribution in [1.29, 1.82) is 0 Å². The van der Waals surface area contributed by atoms with Gasteiger partial charge in [-0.25, -0.2) is 0 Å². The molecule has 140 valence electrons. The molecule has 0 atom stereocenters. The fourth-order valence-corrected chi connectivity index (χ4v) is 2.62. The molecule has 4 heteroatoms. The average molecular weight is 363 g/mol. The predicted octanol–water partition coefficient (Wildman–Crippen LogP) is 5.16. The number of benzene rings is 3. The van der Waals surface area contributed by atoms with Crippen molar-refractivity contribution >= 4 is 5.69 Å². The van der Waals surface area contributed by atoms with Crippen LogP contribution in [0.2, 0.25) is 0 Å². The van der Waals surface area contributed by atoms with E-state index in [9.17, 15) is 0 Å². The van der Waals surface area contributed by atoms with Gasteiger partial charge in [0.15, 0.2) is 0 Å². The molecule has 0 bridgehead atoms. The van der Waals surface area contributed by atoms with Crippen molar-refractivity contribution < 1.29 is 14.2 Å². The summed E-state index contributed by atoms with van der Waals surface area (Å²) in [6.45, 7) is 4.40. The second kappa shape index (κ2) is 10.1. The summed E-state index contributed by atoms with van der Waals surface area (Å²) in [4.78, 5) is 0. The summed E-state index contributed by atoms with van der Waals surface area (Å²) < 4.78 is 16.9. The molecule has 0 aromatic heterocycles. The molecule has 4 nitrogen and oxygen atoms in total. The fraction of sp³-hybridized carbons (Fsp3) is 0.217. The van der Waals surface area contributed by atoms with E-state index in [-0.39, 0.29) is 0 Å². The minimum Gasteiger partial charge on any atom is -0.494 e. The van der Waals surface area contributed by atoms with Gasteiger partial charge in [0.05, 0.1) is 6.61 Å². The first-order chi connectivity index (χ1) is 13.3. The molecule has 0 saturated heterocycles. The van der Waals surface area contributed by atoms with Crippen molar-refractivity contribution in [3.8, 4) is 17.2 Å². The lowest BCUT2D eigenvalue weighted by Gasteiger charge is -2.11. The van der Waals surface area contributed by atoms with Crippen molar-refractivity contribution in [2.24, 2.45) is 0 Å². The van der Waals surface area contributed by atoms with Crippen molar-refractivity contribution in [3.05, 3.63) is 84.4 Å². The van der Waals surface area contributed by atoms with Gasteiger partial charge >= 0.3 is 0 Å². The first-order valence-corrected chi connectivity index (χ1v) is 9.20. The molecule has 0 heterocycles. The molecule has 3 aromatic rings. The molecule has 0 fully saturated rings. The van der Waals surface area contributed by atoms with Crippen molar-refractivity contribution in [2.75, 3.05) is 25.1 Å². The van der Waals surface area contributed by atoms with Crippen LogP contribution in [-0.2, 0) is 6.54 Å². The standard InChI is InChI=1S/C23H25NO3/c1-2-25-22-13-11-20(12-14-22)24-18-19-7-6-10-23(17-19)27-16-15-26-21-8-4-3-5-9-21/h3-14,17,24H,2,15-16,18H2,1H3. The van der Waals surface area contributed by atoms with Gasteiger partial charge in [0.25, 0.3) is 0 Å². The summed E-state index contributed by atoms with van der Waals surface area (Å²) in [7, 11) is 0. The summed E-state index contributed by atoms with van der Waals surface area (Å²) in [5.41, 5.74) is 2.21. The maximum absolute atomic E-state index is 5.79. The Morgan fingerprint density at radius 3 is 2.07 bits per heavy atom. The van der Waals surface area contributed by atoms with Gasteiger partial charge in [-0.1, -0.05) is 30.3 Å². The van der Waals surface area contributed by atoms with E-state index in [4.69, 9.17) is 14.2 Å². The van der Waals surface area contributed by atoms with Gasteiger partial charge in [-0.05, 0) is 61.0 Å². The molecule has 0 unspecified atom stereocenters. The monoisotopic (exact) mass is 363 g/mol. The minimum absolute atomic E-state index is 0.505. The quantitative estimate of drug-likeness (QED) is 0.505. The molecule has 0 saturated carbocycles. The summed E-state index contributed by atoms with van der Waals surface area (Å²) in [6.07, 6.45) is 0. The third kappa shape index (κ3) is 6.26. The number of hydrogen-bond donors (Lipinski definition) is 1. The lowest BCUT2D eigenvalue weighted by molar-refractivity contribution is 0.217. The SMILES string of the molecule is CCOc1ccc(NCc2cccc(OCCOc3ccccc3)c2)cc1. The Balaban J connectivity index is 1.44. The van der Waals surface area contributed by atoms with E-state index >= 15 is 0 Å². The zero-order chi connectivity index (χ0) is 18.7. The van der Waals surface area contributed by atoms with Crippen LogP contribution < -0.4 is 19.5 Å². The maximum Gasteiger partial charge on any atom is 0.122 e. The Morgan fingerprint density at radius 2 is 1.33 bits per heavy atom. The summed E-state index contributed by atoms with van der Waals surface area (Å²) in [6, 6.07) is 25.8. The van der Waals surface area contributed by atoms with Crippen molar-refractivity contribution in [3.63, 3.8) is 0 Å². The Kier molecular flexibility index (Phi) is 6.99. The van der Waals surface area contributed by atoms with E-state index in [1.807, 2.05) is 79.7 Å². The van der Waals surface area contributed by atoms with Crippen LogP contribution in [0.25, 0.3) is 0 Å². The van der Waals surface area contributed by atoms with Gasteiger partial charge in [-0.3, -0.25) is 0 Å². The molecule has 3 aromatic carbocycles. The lowest BCUT2D eigenvalue weighted by Crippen LogP contribution is -2.09. The van der Waals surface area contributed by atoms with Gasteiger partial charge < -0.3 is 19.5 Å². The van der Waals surface area contributed by atoms with Crippen LogP contribution in [-0.4, -0.2) is 19.8 Å².